The van der Waals surface area contributed by atoms with Crippen molar-refractivity contribution in [1.29, 1.82) is 0 Å². The second kappa shape index (κ2) is 13.5. The van der Waals surface area contributed by atoms with E-state index in [2.05, 4.69) is 27.7 Å². The highest BCUT2D eigenvalue weighted by Gasteiger charge is 2.67. The van der Waals surface area contributed by atoms with Gasteiger partial charge in [0.2, 0.25) is 0 Å². The summed E-state index contributed by atoms with van der Waals surface area (Å²) in [6, 6.07) is 0. The molecule has 9 nitrogen and oxygen atoms in total. The Labute approximate surface area is 262 Å². The van der Waals surface area contributed by atoms with Crippen molar-refractivity contribution in [2.24, 2.45) is 46.3 Å². The lowest BCUT2D eigenvalue weighted by Gasteiger charge is -2.61. The maximum atomic E-state index is 12.5. The molecule has 248 valence electrons. The number of fused-ring (bicyclic) bond motifs is 5. The molecular formula is C35H54O9. The third-order valence-corrected chi connectivity index (χ3v) is 11.5. The predicted molar refractivity (Wildman–Crippen MR) is 163 cm³/mol. The number of ether oxygens (including phenoxy) is 4. The first kappa shape index (κ1) is 34.5. The number of hydrogen-bond donors (Lipinski definition) is 1. The Morgan fingerprint density at radius 3 is 2.16 bits per heavy atom. The molecule has 0 aromatic heterocycles. The number of esters is 4. The fraction of sp³-hybridized carbons (Fsp3) is 0.829. The number of rotatable bonds is 10. The van der Waals surface area contributed by atoms with Crippen LogP contribution in [0.4, 0.5) is 0 Å². The number of aliphatic hydroxyl groups excluding tert-OH is 1. The SMILES string of the molecule is CC(=O)OCC12CC(OC(C)=O)C(O)CC1=CC(OC(C)=O)C1C2CCC2(C)C(C(C)CCCC(C)C)CC(OC(C)=O)C12. The van der Waals surface area contributed by atoms with Gasteiger partial charge in [0.1, 0.15) is 24.9 Å². The van der Waals surface area contributed by atoms with Crippen LogP contribution in [0.25, 0.3) is 0 Å². The molecule has 0 saturated heterocycles. The highest BCUT2D eigenvalue weighted by atomic mass is 16.6. The third-order valence-electron chi connectivity index (χ3n) is 11.5. The van der Waals surface area contributed by atoms with Gasteiger partial charge in [-0.2, -0.15) is 0 Å². The molecule has 3 saturated carbocycles. The van der Waals surface area contributed by atoms with E-state index in [9.17, 15) is 24.3 Å². The Morgan fingerprint density at radius 2 is 1.57 bits per heavy atom. The van der Waals surface area contributed by atoms with Gasteiger partial charge in [0.15, 0.2) is 0 Å². The molecule has 0 heterocycles. The fourth-order valence-electron chi connectivity index (χ4n) is 9.88. The molecule has 0 aromatic rings. The summed E-state index contributed by atoms with van der Waals surface area (Å²) in [5.74, 6) is -0.678. The summed E-state index contributed by atoms with van der Waals surface area (Å²) in [5.41, 5.74) is -0.0320. The van der Waals surface area contributed by atoms with E-state index in [-0.39, 0.29) is 54.7 Å². The van der Waals surface area contributed by atoms with Crippen LogP contribution >= 0.6 is 0 Å². The van der Waals surface area contributed by atoms with Gasteiger partial charge < -0.3 is 24.1 Å². The van der Waals surface area contributed by atoms with Crippen LogP contribution in [0, 0.1) is 46.3 Å². The van der Waals surface area contributed by atoms with Gasteiger partial charge in [-0.15, -0.1) is 0 Å². The molecule has 1 N–H and O–H groups in total. The largest absolute Gasteiger partial charge is 0.465 e. The smallest absolute Gasteiger partial charge is 0.303 e. The second-order valence-corrected chi connectivity index (χ2v) is 14.9. The van der Waals surface area contributed by atoms with Crippen LogP contribution in [-0.4, -0.2) is 60.0 Å². The minimum atomic E-state index is -0.935. The van der Waals surface area contributed by atoms with E-state index in [1.54, 1.807) is 0 Å². The van der Waals surface area contributed by atoms with Crippen molar-refractivity contribution in [1.82, 2.24) is 0 Å². The molecule has 0 radical (unpaired) electrons. The van der Waals surface area contributed by atoms with Crippen molar-refractivity contribution < 1.29 is 43.2 Å². The van der Waals surface area contributed by atoms with Gasteiger partial charge in [-0.25, -0.2) is 0 Å². The maximum absolute atomic E-state index is 12.5. The summed E-state index contributed by atoms with van der Waals surface area (Å²) >= 11 is 0. The van der Waals surface area contributed by atoms with Crippen LogP contribution in [0.3, 0.4) is 0 Å². The van der Waals surface area contributed by atoms with Crippen molar-refractivity contribution in [3.05, 3.63) is 11.6 Å². The zero-order chi connectivity index (χ0) is 32.6. The predicted octanol–water partition coefficient (Wildman–Crippen LogP) is 5.56. The summed E-state index contributed by atoms with van der Waals surface area (Å²) in [6.07, 6.45) is 5.64. The Balaban J connectivity index is 1.82. The van der Waals surface area contributed by atoms with Gasteiger partial charge in [-0.1, -0.05) is 52.5 Å². The highest BCUT2D eigenvalue weighted by Crippen LogP contribution is 2.68. The Hall–Kier alpha value is -2.42. The van der Waals surface area contributed by atoms with E-state index in [0.717, 1.165) is 37.7 Å². The molecule has 0 spiro atoms. The average molecular weight is 619 g/mol. The summed E-state index contributed by atoms with van der Waals surface area (Å²) in [4.78, 5) is 49.3. The first-order valence-electron chi connectivity index (χ1n) is 16.6. The lowest BCUT2D eigenvalue weighted by Crippen LogP contribution is -2.61. The van der Waals surface area contributed by atoms with Gasteiger partial charge in [0, 0.05) is 44.9 Å². The third kappa shape index (κ3) is 6.87. The number of hydrogen-bond acceptors (Lipinski definition) is 9. The van der Waals surface area contributed by atoms with Gasteiger partial charge >= 0.3 is 23.9 Å². The molecule has 11 unspecified atom stereocenters. The average Bonchev–Trinajstić information content (AvgIpc) is 3.19. The van der Waals surface area contributed by atoms with Crippen LogP contribution in [0.5, 0.6) is 0 Å². The van der Waals surface area contributed by atoms with Gasteiger partial charge in [0.05, 0.1) is 6.10 Å². The van der Waals surface area contributed by atoms with Crippen molar-refractivity contribution in [3.63, 3.8) is 0 Å². The van der Waals surface area contributed by atoms with E-state index in [1.165, 1.54) is 34.1 Å². The van der Waals surface area contributed by atoms with Crippen molar-refractivity contribution in [2.45, 2.75) is 131 Å². The molecule has 44 heavy (non-hydrogen) atoms. The quantitative estimate of drug-likeness (QED) is 0.190. The minimum absolute atomic E-state index is 0.0727. The summed E-state index contributed by atoms with van der Waals surface area (Å²) in [6.45, 7) is 14.8. The zero-order valence-electron chi connectivity index (χ0n) is 27.9. The Bertz CT molecular complexity index is 1130. The molecular weight excluding hydrogens is 564 g/mol. The van der Waals surface area contributed by atoms with Crippen LogP contribution in [0.1, 0.15) is 107 Å². The molecule has 3 fully saturated rings. The number of carbonyl (C=O) groups excluding carboxylic acids is 4. The monoisotopic (exact) mass is 618 g/mol. The first-order valence-corrected chi connectivity index (χ1v) is 16.6. The van der Waals surface area contributed by atoms with Gasteiger partial charge in [0.25, 0.3) is 0 Å². The molecule has 0 amide bonds. The highest BCUT2D eigenvalue weighted by molar-refractivity contribution is 5.68. The van der Waals surface area contributed by atoms with Crippen molar-refractivity contribution in [2.75, 3.05) is 6.61 Å². The van der Waals surface area contributed by atoms with Crippen LogP contribution in [0.15, 0.2) is 11.6 Å². The summed E-state index contributed by atoms with van der Waals surface area (Å²) < 4.78 is 23.6. The lowest BCUT2D eigenvalue weighted by atomic mass is 9.45. The Kier molecular flexibility index (Phi) is 10.6. The zero-order valence-corrected chi connectivity index (χ0v) is 27.9. The number of aliphatic hydroxyl groups is 1. The Morgan fingerprint density at radius 1 is 0.932 bits per heavy atom. The van der Waals surface area contributed by atoms with Crippen LogP contribution in [-0.2, 0) is 38.1 Å². The van der Waals surface area contributed by atoms with E-state index in [0.29, 0.717) is 17.8 Å². The standard InChI is InChI=1S/C35H54O9/c1-19(2)10-9-11-20(3)27-16-30(43-23(6)38)33-32-26(12-13-34(27,33)8)35(18-41-21(4)36)17-31(44-24(7)39)28(40)14-25(35)15-29(32)42-22(5)37/h15,19-20,26-33,40H,9-14,16-18H2,1-8H3. The fourth-order valence-corrected chi connectivity index (χ4v) is 9.88. The molecule has 11 atom stereocenters. The van der Waals surface area contributed by atoms with Gasteiger partial charge in [-0.3, -0.25) is 19.2 Å². The second-order valence-electron chi connectivity index (χ2n) is 14.9. The van der Waals surface area contributed by atoms with E-state index in [1.807, 2.05) is 6.08 Å². The van der Waals surface area contributed by atoms with Crippen molar-refractivity contribution >= 4 is 23.9 Å². The summed E-state index contributed by atoms with van der Waals surface area (Å²) in [7, 11) is 0. The minimum Gasteiger partial charge on any atom is -0.465 e. The molecule has 0 aliphatic heterocycles. The van der Waals surface area contributed by atoms with Crippen LogP contribution < -0.4 is 0 Å². The lowest BCUT2D eigenvalue weighted by molar-refractivity contribution is -0.187. The van der Waals surface area contributed by atoms with E-state index < -0.39 is 41.6 Å². The summed E-state index contributed by atoms with van der Waals surface area (Å²) in [5, 5.41) is 11.1. The molecule has 9 heteroatoms. The molecule has 4 aliphatic carbocycles. The topological polar surface area (TPSA) is 125 Å². The van der Waals surface area contributed by atoms with Gasteiger partial charge in [-0.05, 0) is 67.3 Å². The number of carbonyl (C=O) groups is 4. The van der Waals surface area contributed by atoms with Crippen LogP contribution in [0.2, 0.25) is 0 Å². The maximum Gasteiger partial charge on any atom is 0.303 e. The van der Waals surface area contributed by atoms with E-state index in [4.69, 9.17) is 18.9 Å². The van der Waals surface area contributed by atoms with Crippen molar-refractivity contribution in [3.8, 4) is 0 Å². The molecule has 4 aliphatic rings. The van der Waals surface area contributed by atoms with E-state index >= 15 is 0 Å². The first-order chi connectivity index (χ1) is 20.6. The normalized spacial score (nSPS) is 38.4. The molecule has 0 aromatic carbocycles. The molecule has 4 rings (SSSR count). The molecule has 0 bridgehead atoms.